The van der Waals surface area contributed by atoms with Gasteiger partial charge in [0.1, 0.15) is 0 Å². The van der Waals surface area contributed by atoms with Crippen LogP contribution in [0.15, 0.2) is 24.3 Å². The van der Waals surface area contributed by atoms with E-state index < -0.39 is 31.0 Å². The lowest BCUT2D eigenvalue weighted by Gasteiger charge is -2.18. The Morgan fingerprint density at radius 2 is 1.95 bits per heavy atom. The molecule has 0 bridgehead atoms. The second-order valence-electron chi connectivity index (χ2n) is 3.21. The Kier molecular flexibility index (Phi) is 4.31. The third kappa shape index (κ3) is 3.10. The molecule has 0 N–H and O–H groups in total. The average Bonchev–Trinajstić information content (AvgIpc) is 2.35. The van der Waals surface area contributed by atoms with Crippen LogP contribution in [0.1, 0.15) is 10.4 Å². The van der Waals surface area contributed by atoms with Gasteiger partial charge in [-0.2, -0.15) is 25.4 Å². The molecule has 0 saturated heterocycles. The van der Waals surface area contributed by atoms with Crippen LogP contribution in [0.25, 0.3) is 0 Å². The molecule has 1 aromatic rings. The summed E-state index contributed by atoms with van der Waals surface area (Å²) in [7, 11) is -4.66. The Morgan fingerprint density at radius 1 is 1.37 bits per heavy atom. The second kappa shape index (κ2) is 5.25. The number of alkyl halides is 3. The maximum absolute atomic E-state index is 12.3. The summed E-state index contributed by atoms with van der Waals surface area (Å²) in [6.45, 7) is 0. The molecule has 0 aliphatic carbocycles. The van der Waals surface area contributed by atoms with Crippen molar-refractivity contribution < 1.29 is 31.1 Å². The van der Waals surface area contributed by atoms with Crippen LogP contribution in [0, 0.1) is 0 Å². The minimum Gasteiger partial charge on any atom is -0.465 e. The molecule has 0 heterocycles. The maximum Gasteiger partial charge on any atom is 0.517 e. The molecule has 0 radical (unpaired) electrons. The predicted octanol–water partition coefficient (Wildman–Crippen LogP) is 2.28. The zero-order valence-corrected chi connectivity index (χ0v) is 10.9. The first-order chi connectivity index (χ1) is 8.61. The van der Waals surface area contributed by atoms with Gasteiger partial charge in [0, 0.05) is 11.8 Å². The fourth-order valence-electron chi connectivity index (χ4n) is 1.09. The Labute approximate surface area is 111 Å². The molecule has 0 aliphatic heterocycles. The Bertz CT molecular complexity index is 587. The Hall–Kier alpha value is -1.48. The van der Waals surface area contributed by atoms with E-state index in [9.17, 15) is 26.4 Å². The number of hydrogen-bond donors (Lipinski definition) is 0. The molecule has 0 amide bonds. The van der Waals surface area contributed by atoms with Gasteiger partial charge in [-0.05, 0) is 18.2 Å². The number of rotatable bonds is 3. The van der Waals surface area contributed by atoms with E-state index in [0.29, 0.717) is 0 Å². The maximum atomic E-state index is 12.3. The summed E-state index contributed by atoms with van der Waals surface area (Å²) in [5.74, 6) is -0.837. The SMILES string of the molecule is COC(=O)c1cccc(N(Cl)S(=O)(=O)C(F)(F)F)c1. The number of halogens is 4. The minimum atomic E-state index is -5.73. The Morgan fingerprint density at radius 3 is 2.42 bits per heavy atom. The first kappa shape index (κ1) is 15.6. The summed E-state index contributed by atoms with van der Waals surface area (Å²) >= 11 is 5.18. The molecular formula is C9H7ClF3NO4S. The number of ether oxygens (including phenoxy) is 1. The highest BCUT2D eigenvalue weighted by Crippen LogP contribution is 2.32. The van der Waals surface area contributed by atoms with Crippen LogP contribution < -0.4 is 3.82 Å². The lowest BCUT2D eigenvalue weighted by Crippen LogP contribution is -2.35. The minimum absolute atomic E-state index is 0.136. The highest BCUT2D eigenvalue weighted by atomic mass is 35.5. The van der Waals surface area contributed by atoms with Crippen molar-refractivity contribution in [1.29, 1.82) is 0 Å². The normalized spacial score (nSPS) is 12.1. The van der Waals surface area contributed by atoms with E-state index >= 15 is 0 Å². The third-order valence-electron chi connectivity index (χ3n) is 1.97. The first-order valence-electron chi connectivity index (χ1n) is 4.57. The highest BCUT2D eigenvalue weighted by molar-refractivity contribution is 7.94. The van der Waals surface area contributed by atoms with Crippen molar-refractivity contribution in [2.75, 3.05) is 10.9 Å². The molecule has 106 valence electrons. The zero-order chi connectivity index (χ0) is 14.8. The van der Waals surface area contributed by atoms with Gasteiger partial charge >= 0.3 is 21.5 Å². The van der Waals surface area contributed by atoms with Crippen LogP contribution >= 0.6 is 11.8 Å². The molecule has 0 aliphatic rings. The van der Waals surface area contributed by atoms with Crippen molar-refractivity contribution in [3.05, 3.63) is 29.8 Å². The van der Waals surface area contributed by atoms with Crippen LogP contribution in [0.3, 0.4) is 0 Å². The number of carbonyl (C=O) groups is 1. The van der Waals surface area contributed by atoms with Crippen LogP contribution in [0.4, 0.5) is 18.9 Å². The summed E-state index contributed by atoms with van der Waals surface area (Å²) in [4.78, 5) is 11.2. The number of hydrogen-bond acceptors (Lipinski definition) is 4. The van der Waals surface area contributed by atoms with E-state index in [2.05, 4.69) is 4.74 Å². The van der Waals surface area contributed by atoms with Crippen molar-refractivity contribution in [1.82, 2.24) is 0 Å². The summed E-state index contributed by atoms with van der Waals surface area (Å²) in [6.07, 6.45) is 0. The molecule has 0 unspecified atom stereocenters. The average molecular weight is 318 g/mol. The van der Waals surface area contributed by atoms with Crippen molar-refractivity contribution in [3.63, 3.8) is 0 Å². The molecule has 0 saturated carbocycles. The van der Waals surface area contributed by atoms with Crippen molar-refractivity contribution in [3.8, 4) is 0 Å². The largest absolute Gasteiger partial charge is 0.517 e. The number of esters is 1. The molecule has 1 aromatic carbocycles. The van der Waals surface area contributed by atoms with E-state index in [-0.39, 0.29) is 5.56 Å². The molecule has 10 heteroatoms. The summed E-state index contributed by atoms with van der Waals surface area (Å²) in [6, 6.07) is 4.27. The molecule has 1 rings (SSSR count). The molecular weight excluding hydrogens is 311 g/mol. The Balaban J connectivity index is 3.22. The van der Waals surface area contributed by atoms with Crippen LogP contribution in [0.2, 0.25) is 0 Å². The predicted molar refractivity (Wildman–Crippen MR) is 61.1 cm³/mol. The summed E-state index contributed by atoms with van der Waals surface area (Å²) < 4.78 is 62.9. The van der Waals surface area contributed by atoms with Gasteiger partial charge in [0.15, 0.2) is 0 Å². The third-order valence-corrected chi connectivity index (χ3v) is 3.93. The van der Waals surface area contributed by atoms with Crippen LogP contribution in [0.5, 0.6) is 0 Å². The molecule has 19 heavy (non-hydrogen) atoms. The van der Waals surface area contributed by atoms with E-state index in [4.69, 9.17) is 11.8 Å². The molecule has 0 fully saturated rings. The fourth-order valence-corrected chi connectivity index (χ4v) is 2.00. The number of benzene rings is 1. The lowest BCUT2D eigenvalue weighted by molar-refractivity contribution is -0.0434. The quantitative estimate of drug-likeness (QED) is 0.634. The van der Waals surface area contributed by atoms with Gasteiger partial charge in [0.2, 0.25) is 0 Å². The monoisotopic (exact) mass is 317 g/mol. The van der Waals surface area contributed by atoms with Crippen molar-refractivity contribution >= 4 is 33.5 Å². The summed E-state index contributed by atoms with van der Waals surface area (Å²) in [5, 5.41) is 0. The van der Waals surface area contributed by atoms with Gasteiger partial charge in [0.05, 0.1) is 18.4 Å². The first-order valence-corrected chi connectivity index (χ1v) is 6.35. The van der Waals surface area contributed by atoms with Crippen LogP contribution in [-0.2, 0) is 14.8 Å². The van der Waals surface area contributed by atoms with E-state index in [1.165, 1.54) is 12.1 Å². The number of nitrogens with zero attached hydrogens (tertiary/aromatic N) is 1. The summed E-state index contributed by atoms with van der Waals surface area (Å²) in [5.41, 5.74) is -6.21. The van der Waals surface area contributed by atoms with Gasteiger partial charge in [-0.25, -0.2) is 4.79 Å². The second-order valence-corrected chi connectivity index (χ2v) is 5.52. The molecule has 0 spiro atoms. The lowest BCUT2D eigenvalue weighted by atomic mass is 10.2. The molecule has 5 nitrogen and oxygen atoms in total. The van der Waals surface area contributed by atoms with E-state index in [1.807, 2.05) is 0 Å². The smallest absolute Gasteiger partial charge is 0.465 e. The molecule has 0 aromatic heterocycles. The number of anilines is 1. The van der Waals surface area contributed by atoms with Gasteiger partial charge in [-0.15, -0.1) is 0 Å². The van der Waals surface area contributed by atoms with Gasteiger partial charge in [-0.1, -0.05) is 6.07 Å². The highest BCUT2D eigenvalue weighted by Gasteiger charge is 2.50. The van der Waals surface area contributed by atoms with Gasteiger partial charge < -0.3 is 4.74 Å². The topological polar surface area (TPSA) is 63.7 Å². The van der Waals surface area contributed by atoms with Crippen molar-refractivity contribution in [2.45, 2.75) is 5.51 Å². The van der Waals surface area contributed by atoms with Gasteiger partial charge in [0.25, 0.3) is 0 Å². The zero-order valence-electron chi connectivity index (χ0n) is 9.31. The number of methoxy groups -OCH3 is 1. The number of carbonyl (C=O) groups excluding carboxylic acids is 1. The van der Waals surface area contributed by atoms with Crippen LogP contribution in [-0.4, -0.2) is 27.0 Å². The van der Waals surface area contributed by atoms with Gasteiger partial charge in [-0.3, -0.25) is 0 Å². The van der Waals surface area contributed by atoms with Crippen molar-refractivity contribution in [2.24, 2.45) is 0 Å². The number of sulfonamides is 1. The molecule has 0 atom stereocenters. The van der Waals surface area contributed by atoms with E-state index in [1.54, 1.807) is 0 Å². The fraction of sp³-hybridized carbons (Fsp3) is 0.222. The standard InChI is InChI=1S/C9H7ClF3NO4S/c1-18-8(15)6-3-2-4-7(5-6)14(10)19(16,17)9(11,12)13/h2-5H,1H3. The van der Waals surface area contributed by atoms with E-state index in [0.717, 1.165) is 19.2 Å².